The van der Waals surface area contributed by atoms with Gasteiger partial charge in [-0.2, -0.15) is 0 Å². The van der Waals surface area contributed by atoms with Crippen LogP contribution in [-0.4, -0.2) is 52.3 Å². The normalized spacial score (nSPS) is 14.1. The van der Waals surface area contributed by atoms with Gasteiger partial charge >= 0.3 is 5.97 Å². The van der Waals surface area contributed by atoms with Crippen molar-refractivity contribution in [2.24, 2.45) is 17.3 Å². The van der Waals surface area contributed by atoms with E-state index in [1.807, 2.05) is 68.4 Å². The van der Waals surface area contributed by atoms with Crippen molar-refractivity contribution in [1.29, 1.82) is 0 Å². The van der Waals surface area contributed by atoms with Crippen molar-refractivity contribution in [2.45, 2.75) is 85.7 Å². The van der Waals surface area contributed by atoms with Crippen LogP contribution in [0.2, 0.25) is 0 Å². The minimum atomic E-state index is -1.34. The van der Waals surface area contributed by atoms with E-state index >= 15 is 0 Å². The van der Waals surface area contributed by atoms with E-state index < -0.39 is 52.8 Å². The molecule has 2 rings (SSSR count). The molecule has 2 aromatic rings. The summed E-state index contributed by atoms with van der Waals surface area (Å²) in [5, 5.41) is 14.5. The lowest BCUT2D eigenvalue weighted by Crippen LogP contribution is -2.53. The molecule has 0 aromatic heterocycles. The van der Waals surface area contributed by atoms with Gasteiger partial charge in [0.1, 0.15) is 5.78 Å². The van der Waals surface area contributed by atoms with Gasteiger partial charge in [-0.05, 0) is 51.2 Å². The van der Waals surface area contributed by atoms with Gasteiger partial charge in [-0.15, -0.1) is 0 Å². The Kier molecular flexibility index (Phi) is 13.0. The molecule has 3 N–H and O–H groups in total. The zero-order valence-corrected chi connectivity index (χ0v) is 25.9. The molecule has 9 heteroatoms. The molecule has 4 unspecified atom stereocenters. The van der Waals surface area contributed by atoms with Gasteiger partial charge in [-0.3, -0.25) is 28.8 Å². The Labute approximate surface area is 253 Å². The first-order chi connectivity index (χ1) is 20.1. The van der Waals surface area contributed by atoms with E-state index in [2.05, 4.69) is 10.6 Å². The number of aliphatic carboxylic acids is 1. The highest BCUT2D eigenvalue weighted by Crippen LogP contribution is 2.24. The number of carboxylic acid groups (broad SMARTS) is 1. The van der Waals surface area contributed by atoms with Crippen LogP contribution in [-0.2, 0) is 41.6 Å². The van der Waals surface area contributed by atoms with Gasteiger partial charge in [0.2, 0.25) is 11.7 Å². The SMILES string of the molecule is CCC(C)C(NC(=O)C(=O)C(C)NC(=O)C(CC(=O)Cc1ccccc1)Cc1cccc(C)c1)C(=O)CC(C)(C)C(=O)O. The Bertz CT molecular complexity index is 1320. The maximum Gasteiger partial charge on any atom is 0.309 e. The van der Waals surface area contributed by atoms with Crippen molar-refractivity contribution in [3.05, 3.63) is 71.3 Å². The largest absolute Gasteiger partial charge is 0.481 e. The van der Waals surface area contributed by atoms with Gasteiger partial charge in [0.05, 0.1) is 17.5 Å². The van der Waals surface area contributed by atoms with E-state index in [0.29, 0.717) is 6.42 Å². The molecule has 4 atom stereocenters. The fraction of sp³-hybridized carbons (Fsp3) is 0.471. The average molecular weight is 593 g/mol. The molecule has 43 heavy (non-hydrogen) atoms. The van der Waals surface area contributed by atoms with Crippen LogP contribution in [0.3, 0.4) is 0 Å². The lowest BCUT2D eigenvalue weighted by Gasteiger charge is -2.27. The van der Waals surface area contributed by atoms with Crippen LogP contribution in [0.5, 0.6) is 0 Å². The molecule has 0 radical (unpaired) electrons. The summed E-state index contributed by atoms with van der Waals surface area (Å²) in [6.45, 7) is 9.69. The third kappa shape index (κ3) is 10.9. The fourth-order valence-electron chi connectivity index (χ4n) is 4.75. The predicted molar refractivity (Wildman–Crippen MR) is 163 cm³/mol. The molecule has 0 heterocycles. The summed E-state index contributed by atoms with van der Waals surface area (Å²) in [6.07, 6.45) is 0.563. The second-order valence-corrected chi connectivity index (χ2v) is 12.1. The second-order valence-electron chi connectivity index (χ2n) is 12.1. The highest BCUT2D eigenvalue weighted by molar-refractivity contribution is 6.38. The quantitative estimate of drug-likeness (QED) is 0.235. The van der Waals surface area contributed by atoms with Crippen molar-refractivity contribution < 1.29 is 33.9 Å². The number of carboxylic acids is 1. The summed E-state index contributed by atoms with van der Waals surface area (Å²) < 4.78 is 0. The maximum absolute atomic E-state index is 13.4. The van der Waals surface area contributed by atoms with Crippen molar-refractivity contribution in [2.75, 3.05) is 0 Å². The van der Waals surface area contributed by atoms with Crippen molar-refractivity contribution in [1.82, 2.24) is 10.6 Å². The van der Waals surface area contributed by atoms with Gasteiger partial charge in [-0.25, -0.2) is 0 Å². The van der Waals surface area contributed by atoms with Crippen molar-refractivity contribution in [3.8, 4) is 0 Å². The molecular formula is C34H44N2O7. The number of hydrogen-bond donors (Lipinski definition) is 3. The second kappa shape index (κ2) is 15.9. The molecule has 0 spiro atoms. The molecule has 232 valence electrons. The number of ketones is 3. The van der Waals surface area contributed by atoms with Crippen LogP contribution in [0.4, 0.5) is 0 Å². The zero-order chi connectivity index (χ0) is 32.3. The Morgan fingerprint density at radius 1 is 0.884 bits per heavy atom. The number of nitrogens with one attached hydrogen (secondary N) is 2. The number of rotatable bonds is 17. The summed E-state index contributed by atoms with van der Waals surface area (Å²) in [6, 6.07) is 14.5. The Morgan fingerprint density at radius 2 is 1.51 bits per heavy atom. The number of hydrogen-bond acceptors (Lipinski definition) is 6. The molecule has 0 fully saturated rings. The van der Waals surface area contributed by atoms with E-state index in [-0.39, 0.29) is 37.4 Å². The summed E-state index contributed by atoms with van der Waals surface area (Å²) in [5.41, 5.74) is 1.36. The molecular weight excluding hydrogens is 548 g/mol. The minimum Gasteiger partial charge on any atom is -0.481 e. The van der Waals surface area contributed by atoms with Crippen molar-refractivity contribution in [3.63, 3.8) is 0 Å². The van der Waals surface area contributed by atoms with E-state index in [1.165, 1.54) is 20.8 Å². The van der Waals surface area contributed by atoms with Gasteiger partial charge in [0.15, 0.2) is 5.78 Å². The van der Waals surface area contributed by atoms with Crippen LogP contribution in [0.1, 0.15) is 70.6 Å². The Morgan fingerprint density at radius 3 is 2.09 bits per heavy atom. The van der Waals surface area contributed by atoms with E-state index in [0.717, 1.165) is 16.7 Å². The third-order valence-corrected chi connectivity index (χ3v) is 7.67. The Balaban J connectivity index is 2.15. The van der Waals surface area contributed by atoms with E-state index in [9.17, 15) is 33.9 Å². The zero-order valence-electron chi connectivity index (χ0n) is 25.9. The number of aryl methyl sites for hydroxylation is 1. The first-order valence-corrected chi connectivity index (χ1v) is 14.7. The molecule has 0 bridgehead atoms. The van der Waals surface area contributed by atoms with Crippen LogP contribution >= 0.6 is 0 Å². The standard InChI is InChI=1S/C34H44N2O7/c1-7-22(3)29(28(38)20-34(5,6)33(42)43)36-32(41)30(39)23(4)35-31(40)26(17-25-15-11-12-21(2)16-25)19-27(37)18-24-13-9-8-10-14-24/h8-16,22-23,26,29H,7,17-20H2,1-6H3,(H,35,40)(H,36,41)(H,42,43). The predicted octanol–water partition coefficient (Wildman–Crippen LogP) is 4.03. The lowest BCUT2D eigenvalue weighted by atomic mass is 9.82. The molecule has 0 aliphatic rings. The van der Waals surface area contributed by atoms with Crippen LogP contribution in [0, 0.1) is 24.2 Å². The van der Waals surface area contributed by atoms with Gasteiger partial charge < -0.3 is 15.7 Å². The number of benzene rings is 2. The van der Waals surface area contributed by atoms with E-state index in [1.54, 1.807) is 6.92 Å². The summed E-state index contributed by atoms with van der Waals surface area (Å²) in [4.78, 5) is 76.9. The average Bonchev–Trinajstić information content (AvgIpc) is 2.94. The molecule has 0 aliphatic carbocycles. The molecule has 2 aromatic carbocycles. The lowest BCUT2D eigenvalue weighted by molar-refractivity contribution is -0.150. The summed E-state index contributed by atoms with van der Waals surface area (Å²) >= 11 is 0. The maximum atomic E-state index is 13.4. The minimum absolute atomic E-state index is 0.0499. The van der Waals surface area contributed by atoms with Crippen molar-refractivity contribution >= 4 is 35.1 Å². The number of amides is 2. The first kappa shape index (κ1) is 35.1. The number of Topliss-reactive ketones (excluding diaryl/α,β-unsaturated/α-hetero) is 3. The molecule has 2 amide bonds. The van der Waals surface area contributed by atoms with Crippen LogP contribution < -0.4 is 10.6 Å². The van der Waals surface area contributed by atoms with Gasteiger partial charge in [0.25, 0.3) is 5.91 Å². The smallest absolute Gasteiger partial charge is 0.309 e. The molecule has 0 saturated carbocycles. The molecule has 0 saturated heterocycles. The third-order valence-electron chi connectivity index (χ3n) is 7.67. The summed E-state index contributed by atoms with van der Waals surface area (Å²) in [5.74, 6) is -5.42. The molecule has 0 aliphatic heterocycles. The van der Waals surface area contributed by atoms with Gasteiger partial charge in [-0.1, -0.05) is 80.4 Å². The molecule has 9 nitrogen and oxygen atoms in total. The highest BCUT2D eigenvalue weighted by atomic mass is 16.4. The first-order valence-electron chi connectivity index (χ1n) is 14.7. The van der Waals surface area contributed by atoms with E-state index in [4.69, 9.17) is 0 Å². The monoisotopic (exact) mass is 592 g/mol. The summed E-state index contributed by atoms with van der Waals surface area (Å²) in [7, 11) is 0. The fourth-order valence-corrected chi connectivity index (χ4v) is 4.75. The topological polar surface area (TPSA) is 147 Å². The van der Waals surface area contributed by atoms with Crippen LogP contribution in [0.15, 0.2) is 54.6 Å². The van der Waals surface area contributed by atoms with Gasteiger partial charge in [0, 0.05) is 25.2 Å². The highest BCUT2D eigenvalue weighted by Gasteiger charge is 2.37. The van der Waals surface area contributed by atoms with Crippen LogP contribution in [0.25, 0.3) is 0 Å². The number of carbonyl (C=O) groups excluding carboxylic acids is 5. The Hall–Kier alpha value is -4.14. The number of carbonyl (C=O) groups is 6.